The summed E-state index contributed by atoms with van der Waals surface area (Å²) in [5.41, 5.74) is -0.0224. The quantitative estimate of drug-likeness (QED) is 0.419. The number of hydrogen-bond donors (Lipinski definition) is 2. The van der Waals surface area contributed by atoms with E-state index in [9.17, 15) is 25.1 Å². The molecule has 0 unspecified atom stereocenters. The molecule has 3 aromatic carbocycles. The van der Waals surface area contributed by atoms with Gasteiger partial charge in [-0.25, -0.2) is 4.79 Å². The molecule has 0 radical (unpaired) electrons. The number of fused-ring (bicyclic) bond motifs is 1. The van der Waals surface area contributed by atoms with Crippen molar-refractivity contribution in [3.8, 4) is 11.5 Å². The highest BCUT2D eigenvalue weighted by molar-refractivity contribution is 5.96. The number of cyclic esters (lactones) is 1. The molecule has 0 atom stereocenters. The highest BCUT2D eigenvalue weighted by Gasteiger charge is 2.49. The van der Waals surface area contributed by atoms with Crippen molar-refractivity contribution in [3.05, 3.63) is 99.1 Å². The minimum absolute atomic E-state index is 0.0307. The Morgan fingerprint density at radius 1 is 0.852 bits per heavy atom. The topological polar surface area (TPSA) is 110 Å². The van der Waals surface area contributed by atoms with Gasteiger partial charge in [-0.1, -0.05) is 24.3 Å². The van der Waals surface area contributed by atoms with Crippen molar-refractivity contribution in [2.75, 3.05) is 0 Å². The van der Waals surface area contributed by atoms with Gasteiger partial charge in [0.2, 0.25) is 0 Å². The number of esters is 1. The second kappa shape index (κ2) is 5.84. The first kappa shape index (κ1) is 16.6. The summed E-state index contributed by atoms with van der Waals surface area (Å²) >= 11 is 0. The molecule has 0 aromatic heterocycles. The van der Waals surface area contributed by atoms with Crippen molar-refractivity contribution in [1.29, 1.82) is 0 Å². The second-order valence-electron chi connectivity index (χ2n) is 6.15. The Kier molecular flexibility index (Phi) is 3.59. The molecule has 3 aromatic rings. The van der Waals surface area contributed by atoms with Crippen molar-refractivity contribution in [2.24, 2.45) is 0 Å². The second-order valence-corrected chi connectivity index (χ2v) is 6.15. The standard InChI is InChI=1S/C20H13NO6/c22-15-6-1-12(2-7-15)20(13-3-8-16(23)9-4-13)18-11-14(21(25)26)5-10-17(18)19(24)27-20/h1-11,22-23H. The van der Waals surface area contributed by atoms with E-state index in [1.807, 2.05) is 0 Å². The predicted octanol–water partition coefficient (Wildman–Crippen LogP) is 3.47. The zero-order valence-electron chi connectivity index (χ0n) is 13.8. The molecule has 0 fully saturated rings. The number of carbonyl (C=O) groups excluding carboxylic acids is 1. The number of aromatic hydroxyl groups is 2. The highest BCUT2D eigenvalue weighted by Crippen LogP contribution is 2.48. The Morgan fingerprint density at radius 2 is 1.37 bits per heavy atom. The van der Waals surface area contributed by atoms with Crippen LogP contribution >= 0.6 is 0 Å². The monoisotopic (exact) mass is 363 g/mol. The molecule has 0 bridgehead atoms. The largest absolute Gasteiger partial charge is 0.508 e. The number of nitro groups is 1. The van der Waals surface area contributed by atoms with E-state index in [1.54, 1.807) is 24.3 Å². The van der Waals surface area contributed by atoms with E-state index in [-0.39, 0.29) is 22.7 Å². The van der Waals surface area contributed by atoms with Crippen molar-refractivity contribution in [1.82, 2.24) is 0 Å². The van der Waals surface area contributed by atoms with E-state index < -0.39 is 16.5 Å². The number of benzene rings is 3. The SMILES string of the molecule is O=C1OC(c2ccc(O)cc2)(c2ccc(O)cc2)c2cc([N+](=O)[O-])ccc21. The van der Waals surface area contributed by atoms with E-state index in [0.717, 1.165) is 0 Å². The summed E-state index contributed by atoms with van der Waals surface area (Å²) < 4.78 is 5.78. The number of nitro benzene ring substituents is 1. The first-order chi connectivity index (χ1) is 12.9. The van der Waals surface area contributed by atoms with Crippen molar-refractivity contribution in [2.45, 2.75) is 5.60 Å². The molecule has 27 heavy (non-hydrogen) atoms. The maximum Gasteiger partial charge on any atom is 0.340 e. The minimum Gasteiger partial charge on any atom is -0.508 e. The first-order valence-electron chi connectivity index (χ1n) is 8.03. The molecule has 0 spiro atoms. The molecule has 1 aliphatic heterocycles. The lowest BCUT2D eigenvalue weighted by Gasteiger charge is -2.30. The number of nitrogens with zero attached hydrogens (tertiary/aromatic N) is 1. The first-order valence-corrected chi connectivity index (χ1v) is 8.03. The van der Waals surface area contributed by atoms with Crippen LogP contribution in [0.15, 0.2) is 66.7 Å². The number of phenols is 2. The fourth-order valence-corrected chi connectivity index (χ4v) is 3.35. The van der Waals surface area contributed by atoms with Crippen molar-refractivity contribution >= 4 is 11.7 Å². The molecule has 7 heteroatoms. The van der Waals surface area contributed by atoms with Gasteiger partial charge < -0.3 is 14.9 Å². The third-order valence-corrected chi connectivity index (χ3v) is 4.61. The van der Waals surface area contributed by atoms with Crippen LogP contribution in [0.1, 0.15) is 27.0 Å². The van der Waals surface area contributed by atoms with Crippen LogP contribution in [0, 0.1) is 10.1 Å². The van der Waals surface area contributed by atoms with E-state index in [2.05, 4.69) is 0 Å². The number of rotatable bonds is 3. The van der Waals surface area contributed by atoms with Crippen LogP contribution in [-0.2, 0) is 10.3 Å². The van der Waals surface area contributed by atoms with Gasteiger partial charge in [0, 0.05) is 28.8 Å². The van der Waals surface area contributed by atoms with E-state index in [0.29, 0.717) is 16.7 Å². The van der Waals surface area contributed by atoms with Crippen LogP contribution < -0.4 is 0 Å². The lowest BCUT2D eigenvalue weighted by atomic mass is 9.79. The van der Waals surface area contributed by atoms with Gasteiger partial charge in [0.1, 0.15) is 11.5 Å². The van der Waals surface area contributed by atoms with Crippen LogP contribution in [0.2, 0.25) is 0 Å². The third kappa shape index (κ3) is 2.48. The molecule has 0 saturated carbocycles. The van der Waals surface area contributed by atoms with Gasteiger partial charge in [-0.15, -0.1) is 0 Å². The summed E-state index contributed by atoms with van der Waals surface area (Å²) in [4.78, 5) is 23.3. The average molecular weight is 363 g/mol. The van der Waals surface area contributed by atoms with E-state index in [1.165, 1.54) is 42.5 Å². The predicted molar refractivity (Wildman–Crippen MR) is 94.6 cm³/mol. The molecule has 0 aliphatic carbocycles. The number of hydrogen-bond acceptors (Lipinski definition) is 6. The zero-order chi connectivity index (χ0) is 19.2. The summed E-state index contributed by atoms with van der Waals surface area (Å²) in [5.74, 6) is -0.549. The van der Waals surface area contributed by atoms with Gasteiger partial charge in [0.25, 0.3) is 5.69 Å². The Morgan fingerprint density at radius 3 is 1.85 bits per heavy atom. The third-order valence-electron chi connectivity index (χ3n) is 4.61. The Balaban J connectivity index is 2.05. The van der Waals surface area contributed by atoms with Gasteiger partial charge in [-0.3, -0.25) is 10.1 Å². The number of non-ortho nitro benzene ring substituents is 1. The molecule has 134 valence electrons. The van der Waals surface area contributed by atoms with Crippen molar-refractivity contribution < 1.29 is 24.7 Å². The smallest absolute Gasteiger partial charge is 0.340 e. The molecule has 1 aliphatic rings. The van der Waals surface area contributed by atoms with Gasteiger partial charge in [-0.05, 0) is 30.3 Å². The molecule has 7 nitrogen and oxygen atoms in total. The fraction of sp³-hybridized carbons (Fsp3) is 0.0500. The molecular formula is C20H13NO6. The van der Waals surface area contributed by atoms with Crippen LogP contribution in [0.5, 0.6) is 11.5 Å². The van der Waals surface area contributed by atoms with Gasteiger partial charge >= 0.3 is 5.97 Å². The highest BCUT2D eigenvalue weighted by atomic mass is 16.6. The Bertz CT molecular complexity index is 1010. The fourth-order valence-electron chi connectivity index (χ4n) is 3.35. The summed E-state index contributed by atoms with van der Waals surface area (Å²) in [6, 6.07) is 16.1. The van der Waals surface area contributed by atoms with E-state index >= 15 is 0 Å². The van der Waals surface area contributed by atoms with Crippen LogP contribution in [0.4, 0.5) is 5.69 Å². The van der Waals surface area contributed by atoms with Gasteiger partial charge in [0.05, 0.1) is 10.5 Å². The normalized spacial score (nSPS) is 14.4. The molecule has 0 saturated heterocycles. The molecule has 0 amide bonds. The van der Waals surface area contributed by atoms with Gasteiger partial charge in [0.15, 0.2) is 5.60 Å². The Hall–Kier alpha value is -3.87. The van der Waals surface area contributed by atoms with Crippen molar-refractivity contribution in [3.63, 3.8) is 0 Å². The van der Waals surface area contributed by atoms with Gasteiger partial charge in [-0.2, -0.15) is 0 Å². The molecular weight excluding hydrogens is 350 g/mol. The van der Waals surface area contributed by atoms with Crippen LogP contribution in [-0.4, -0.2) is 21.1 Å². The summed E-state index contributed by atoms with van der Waals surface area (Å²) in [5, 5.41) is 30.5. The minimum atomic E-state index is -1.43. The number of ether oxygens (including phenoxy) is 1. The lowest BCUT2D eigenvalue weighted by molar-refractivity contribution is -0.385. The maximum atomic E-state index is 12.6. The lowest BCUT2D eigenvalue weighted by Crippen LogP contribution is -2.29. The van der Waals surface area contributed by atoms with E-state index in [4.69, 9.17) is 4.74 Å². The summed E-state index contributed by atoms with van der Waals surface area (Å²) in [7, 11) is 0. The Labute approximate surface area is 153 Å². The maximum absolute atomic E-state index is 12.6. The summed E-state index contributed by atoms with van der Waals surface area (Å²) in [6.07, 6.45) is 0. The summed E-state index contributed by atoms with van der Waals surface area (Å²) in [6.45, 7) is 0. The van der Waals surface area contributed by atoms with Crippen LogP contribution in [0.3, 0.4) is 0 Å². The number of carbonyl (C=O) groups is 1. The molecule has 2 N–H and O–H groups in total. The number of phenolic OH excluding ortho intramolecular Hbond substituents is 2. The molecule has 1 heterocycles. The van der Waals surface area contributed by atoms with Crippen LogP contribution in [0.25, 0.3) is 0 Å². The molecule has 4 rings (SSSR count). The zero-order valence-corrected chi connectivity index (χ0v) is 13.8. The average Bonchev–Trinajstić information content (AvgIpc) is 2.96.